The second-order valence-corrected chi connectivity index (χ2v) is 6.35. The summed E-state index contributed by atoms with van der Waals surface area (Å²) in [5, 5.41) is 5.58. The maximum atomic E-state index is 12.9. The Morgan fingerprint density at radius 2 is 1.67 bits per heavy atom. The lowest BCUT2D eigenvalue weighted by molar-refractivity contribution is -0.125. The largest absolute Gasteiger partial charge is 0.493 e. The smallest absolute Gasteiger partial charge is 0.228 e. The number of hydrogen-bond acceptors (Lipinski definition) is 4. The fourth-order valence-electron chi connectivity index (χ4n) is 2.85. The summed E-state index contributed by atoms with van der Waals surface area (Å²) in [6.45, 7) is 0.305. The minimum atomic E-state index is -0.355. The Morgan fingerprint density at radius 1 is 1.00 bits per heavy atom. The number of anilines is 1. The summed E-state index contributed by atoms with van der Waals surface area (Å²) in [7, 11) is 3.06. The zero-order valence-electron chi connectivity index (χ0n) is 15.1. The monoisotopic (exact) mass is 372 g/mol. The Labute approximate surface area is 156 Å². The van der Waals surface area contributed by atoms with Crippen LogP contribution in [0.5, 0.6) is 11.5 Å². The number of carbonyl (C=O) groups is 2. The van der Waals surface area contributed by atoms with E-state index in [4.69, 9.17) is 9.47 Å². The lowest BCUT2D eigenvalue weighted by Gasteiger charge is -2.10. The number of nitrogens with one attached hydrogen (secondary N) is 2. The molecular weight excluding hydrogens is 351 g/mol. The third-order valence-electron chi connectivity index (χ3n) is 4.50. The van der Waals surface area contributed by atoms with E-state index in [1.165, 1.54) is 26.4 Å². The highest BCUT2D eigenvalue weighted by atomic mass is 19.1. The third kappa shape index (κ3) is 4.55. The van der Waals surface area contributed by atoms with Gasteiger partial charge in [-0.05, 0) is 36.2 Å². The molecule has 1 aliphatic carbocycles. The highest BCUT2D eigenvalue weighted by Gasteiger charge is 2.47. The van der Waals surface area contributed by atoms with Gasteiger partial charge >= 0.3 is 0 Å². The SMILES string of the molecule is COc1ccc(NC(=O)C2CC2C(=O)NCc2ccc(F)cc2)cc1OC. The minimum absolute atomic E-state index is 0.174. The van der Waals surface area contributed by atoms with Crippen LogP contribution in [0.2, 0.25) is 0 Å². The van der Waals surface area contributed by atoms with Crippen molar-refractivity contribution < 1.29 is 23.5 Å². The molecule has 1 saturated carbocycles. The van der Waals surface area contributed by atoms with E-state index in [9.17, 15) is 14.0 Å². The van der Waals surface area contributed by atoms with Crippen molar-refractivity contribution in [1.29, 1.82) is 0 Å². The molecule has 0 aromatic heterocycles. The molecule has 142 valence electrons. The van der Waals surface area contributed by atoms with Crippen LogP contribution in [0.1, 0.15) is 12.0 Å². The van der Waals surface area contributed by atoms with E-state index in [1.807, 2.05) is 0 Å². The van der Waals surface area contributed by atoms with E-state index in [0.29, 0.717) is 30.2 Å². The number of rotatable bonds is 7. The first-order valence-corrected chi connectivity index (χ1v) is 8.57. The Bertz CT molecular complexity index is 838. The van der Waals surface area contributed by atoms with Gasteiger partial charge in [0, 0.05) is 18.3 Å². The molecule has 27 heavy (non-hydrogen) atoms. The molecule has 2 amide bonds. The van der Waals surface area contributed by atoms with Crippen molar-refractivity contribution in [2.75, 3.05) is 19.5 Å². The van der Waals surface area contributed by atoms with Gasteiger partial charge in [0.2, 0.25) is 11.8 Å². The number of methoxy groups -OCH3 is 2. The molecule has 3 rings (SSSR count). The third-order valence-corrected chi connectivity index (χ3v) is 4.50. The molecule has 0 bridgehead atoms. The summed E-state index contributed by atoms with van der Waals surface area (Å²) in [4.78, 5) is 24.5. The number of hydrogen-bond donors (Lipinski definition) is 2. The van der Waals surface area contributed by atoms with Crippen molar-refractivity contribution in [3.05, 3.63) is 53.8 Å². The number of benzene rings is 2. The quantitative estimate of drug-likeness (QED) is 0.784. The first kappa shape index (κ1) is 18.7. The Balaban J connectivity index is 1.51. The second-order valence-electron chi connectivity index (χ2n) is 6.35. The van der Waals surface area contributed by atoms with E-state index >= 15 is 0 Å². The van der Waals surface area contributed by atoms with Crippen molar-refractivity contribution in [3.63, 3.8) is 0 Å². The first-order chi connectivity index (χ1) is 13.0. The molecule has 0 aliphatic heterocycles. The Morgan fingerprint density at radius 3 is 2.33 bits per heavy atom. The molecule has 2 aromatic carbocycles. The molecule has 1 aliphatic rings. The van der Waals surface area contributed by atoms with E-state index in [2.05, 4.69) is 10.6 Å². The Hall–Kier alpha value is -3.09. The van der Waals surface area contributed by atoms with Gasteiger partial charge in [-0.1, -0.05) is 12.1 Å². The molecular formula is C20H21FN2O4. The van der Waals surface area contributed by atoms with Gasteiger partial charge in [0.25, 0.3) is 0 Å². The van der Waals surface area contributed by atoms with Crippen LogP contribution in [0.15, 0.2) is 42.5 Å². The summed E-state index contributed by atoms with van der Waals surface area (Å²) >= 11 is 0. The molecule has 2 atom stereocenters. The van der Waals surface area contributed by atoms with Crippen LogP contribution < -0.4 is 20.1 Å². The zero-order chi connectivity index (χ0) is 19.4. The number of carbonyl (C=O) groups excluding carboxylic acids is 2. The average molecular weight is 372 g/mol. The number of halogens is 1. The standard InChI is InChI=1S/C20H21FN2O4/c1-26-17-8-7-14(9-18(17)27-2)23-20(25)16-10-15(16)19(24)22-11-12-3-5-13(21)6-4-12/h3-9,15-16H,10-11H2,1-2H3,(H,22,24)(H,23,25). The van der Waals surface area contributed by atoms with E-state index in [1.54, 1.807) is 30.3 Å². The van der Waals surface area contributed by atoms with Crippen molar-refractivity contribution >= 4 is 17.5 Å². The van der Waals surface area contributed by atoms with E-state index < -0.39 is 0 Å². The lowest BCUT2D eigenvalue weighted by atomic mass is 10.2. The van der Waals surface area contributed by atoms with Crippen LogP contribution in [0.25, 0.3) is 0 Å². The van der Waals surface area contributed by atoms with E-state index in [0.717, 1.165) is 5.56 Å². The normalized spacial score (nSPS) is 17.7. The van der Waals surface area contributed by atoms with Gasteiger partial charge < -0.3 is 20.1 Å². The predicted molar refractivity (Wildman–Crippen MR) is 98.0 cm³/mol. The number of amides is 2. The van der Waals surface area contributed by atoms with Crippen molar-refractivity contribution in [3.8, 4) is 11.5 Å². The van der Waals surface area contributed by atoms with E-state index in [-0.39, 0.29) is 29.5 Å². The lowest BCUT2D eigenvalue weighted by Crippen LogP contribution is -2.27. The molecule has 0 spiro atoms. The topological polar surface area (TPSA) is 76.7 Å². The van der Waals surface area contributed by atoms with Crippen LogP contribution in [-0.4, -0.2) is 26.0 Å². The van der Waals surface area contributed by atoms with Crippen molar-refractivity contribution in [2.45, 2.75) is 13.0 Å². The predicted octanol–water partition coefficient (Wildman–Crippen LogP) is 2.73. The molecule has 1 fully saturated rings. The second kappa shape index (κ2) is 8.07. The maximum absolute atomic E-state index is 12.9. The van der Waals surface area contributed by atoms with Crippen LogP contribution in [0, 0.1) is 17.7 Å². The summed E-state index contributed by atoms with van der Waals surface area (Å²) in [5.74, 6) is -0.313. The minimum Gasteiger partial charge on any atom is -0.493 e. The zero-order valence-corrected chi connectivity index (χ0v) is 15.1. The molecule has 6 nitrogen and oxygen atoms in total. The first-order valence-electron chi connectivity index (χ1n) is 8.57. The van der Waals surface area contributed by atoms with Gasteiger partial charge in [-0.2, -0.15) is 0 Å². The molecule has 2 unspecified atom stereocenters. The van der Waals surface area contributed by atoms with Crippen molar-refractivity contribution in [2.24, 2.45) is 11.8 Å². The van der Waals surface area contributed by atoms with Gasteiger partial charge in [0.05, 0.1) is 26.1 Å². The van der Waals surface area contributed by atoms with Crippen molar-refractivity contribution in [1.82, 2.24) is 5.32 Å². The van der Waals surface area contributed by atoms with Gasteiger partial charge in [-0.3, -0.25) is 9.59 Å². The average Bonchev–Trinajstić information content (AvgIpc) is 3.48. The highest BCUT2D eigenvalue weighted by Crippen LogP contribution is 2.40. The highest BCUT2D eigenvalue weighted by molar-refractivity contribution is 5.99. The fourth-order valence-corrected chi connectivity index (χ4v) is 2.85. The maximum Gasteiger partial charge on any atom is 0.228 e. The van der Waals surface area contributed by atoms with Crippen LogP contribution in [-0.2, 0) is 16.1 Å². The molecule has 2 N–H and O–H groups in total. The Kier molecular flexibility index (Phi) is 5.59. The van der Waals surface area contributed by atoms with Gasteiger partial charge in [0.15, 0.2) is 11.5 Å². The van der Waals surface area contributed by atoms with Crippen LogP contribution in [0.3, 0.4) is 0 Å². The number of ether oxygens (including phenoxy) is 2. The summed E-state index contributed by atoms with van der Waals surface area (Å²) in [6.07, 6.45) is 0.508. The fraction of sp³-hybridized carbons (Fsp3) is 0.300. The molecule has 0 saturated heterocycles. The molecule has 0 radical (unpaired) electrons. The molecule has 7 heteroatoms. The van der Waals surface area contributed by atoms with Crippen LogP contribution >= 0.6 is 0 Å². The summed E-state index contributed by atoms with van der Waals surface area (Å²) in [6, 6.07) is 11.0. The molecule has 0 heterocycles. The van der Waals surface area contributed by atoms with Gasteiger partial charge in [0.1, 0.15) is 5.82 Å². The summed E-state index contributed by atoms with van der Waals surface area (Å²) in [5.41, 5.74) is 1.38. The molecule has 2 aromatic rings. The van der Waals surface area contributed by atoms with Gasteiger partial charge in [-0.25, -0.2) is 4.39 Å². The van der Waals surface area contributed by atoms with Crippen LogP contribution in [0.4, 0.5) is 10.1 Å². The van der Waals surface area contributed by atoms with Gasteiger partial charge in [-0.15, -0.1) is 0 Å². The summed E-state index contributed by atoms with van der Waals surface area (Å²) < 4.78 is 23.3.